The number of nitrogens with one attached hydrogen (secondary N) is 1. The summed E-state index contributed by atoms with van der Waals surface area (Å²) in [6, 6.07) is -1.05. The van der Waals surface area contributed by atoms with E-state index in [0.717, 1.165) is 70.6 Å². The molecule has 0 aromatic rings. The summed E-state index contributed by atoms with van der Waals surface area (Å²) >= 11 is 0. The highest BCUT2D eigenvalue weighted by atomic mass is 16.7. The Bertz CT molecular complexity index is 1440. The van der Waals surface area contributed by atoms with Gasteiger partial charge in [-0.25, -0.2) is 0 Å². The summed E-state index contributed by atoms with van der Waals surface area (Å²) in [5.74, 6) is -1.26. The zero-order valence-corrected chi connectivity index (χ0v) is 43.4. The van der Waals surface area contributed by atoms with Crippen molar-refractivity contribution in [2.24, 2.45) is 0 Å². The number of rotatable bonds is 44. The monoisotopic (exact) mass is 970 g/mol. The normalized spacial score (nSPS) is 20.5. The molecular formula is C58H99NO10. The van der Waals surface area contributed by atoms with Crippen molar-refractivity contribution in [2.45, 2.75) is 256 Å². The van der Waals surface area contributed by atoms with E-state index in [1.54, 1.807) is 6.08 Å². The Labute approximate surface area is 419 Å². The molecule has 11 nitrogen and oxygen atoms in total. The molecule has 1 aliphatic rings. The summed E-state index contributed by atoms with van der Waals surface area (Å²) in [4.78, 5) is 26.4. The molecule has 11 heteroatoms. The number of hydrogen-bond acceptors (Lipinski definition) is 10. The summed E-state index contributed by atoms with van der Waals surface area (Å²) in [5.41, 5.74) is 0. The Balaban J connectivity index is 2.81. The second-order valence-electron chi connectivity index (χ2n) is 18.7. The number of esters is 1. The highest BCUT2D eigenvalue weighted by Gasteiger charge is 2.47. The third-order valence-electron chi connectivity index (χ3n) is 12.4. The Kier molecular flexibility index (Phi) is 42.5. The topological polar surface area (TPSA) is 175 Å². The van der Waals surface area contributed by atoms with Gasteiger partial charge in [-0.2, -0.15) is 0 Å². The maximum absolute atomic E-state index is 13.3. The standard InChI is InChI=1S/C58H99NO10/c1-4-7-10-13-16-19-22-25-27-30-33-36-39-42-45-51(62)57(66)59-49(50(61)44-41-38-35-32-29-24-21-18-15-12-9-6-3)48-67-58-56(55(65)54(64)52(47-60)68-58)69-53(63)46-43-40-37-34-31-28-26-23-20-17-14-11-8-5-2/h7,10,13,16,19,22,25,27-28,30-31,33,41,44,49-52,54-56,58,60-62,64-65H,4-6,8-9,11-12,14-15,17-18,20-21,23-24,26,29,32,34-40,42-43,45-48H2,1-3H3,(H,59,66)/b10-7+,16-13+,22-19-,27-25-,31-28-,33-30+,44-41+. The van der Waals surface area contributed by atoms with Crippen LogP contribution >= 0.6 is 0 Å². The predicted octanol–water partition coefficient (Wildman–Crippen LogP) is 11.8. The third kappa shape index (κ3) is 34.7. The number of allylic oxidation sites excluding steroid dienone is 13. The SMILES string of the molecule is CC/C=C/C=C/C=C\C=C/C=C/CCCCC(O)C(=O)NC(COC1OC(CO)C(O)C(O)C1OC(=O)CCCCC/C=C\CCCCCCCCC)C(O)/C=C/CCCCCCCCCCCC. The summed E-state index contributed by atoms with van der Waals surface area (Å²) in [7, 11) is 0. The first-order valence-corrected chi connectivity index (χ1v) is 27.4. The Morgan fingerprint density at radius 3 is 1.61 bits per heavy atom. The van der Waals surface area contributed by atoms with E-state index in [4.69, 9.17) is 14.2 Å². The van der Waals surface area contributed by atoms with Crippen LogP contribution in [0.15, 0.2) is 85.1 Å². The molecule has 0 aromatic heterocycles. The van der Waals surface area contributed by atoms with Crippen molar-refractivity contribution in [3.63, 3.8) is 0 Å². The van der Waals surface area contributed by atoms with Crippen LogP contribution < -0.4 is 5.32 Å². The second-order valence-corrected chi connectivity index (χ2v) is 18.7. The van der Waals surface area contributed by atoms with E-state index in [9.17, 15) is 35.1 Å². The number of aliphatic hydroxyl groups is 5. The minimum absolute atomic E-state index is 0.0941. The van der Waals surface area contributed by atoms with Gasteiger partial charge in [-0.15, -0.1) is 0 Å². The lowest BCUT2D eigenvalue weighted by Crippen LogP contribution is -2.61. The van der Waals surface area contributed by atoms with Gasteiger partial charge in [-0.05, 0) is 70.6 Å². The number of unbranched alkanes of at least 4 members (excludes halogenated alkanes) is 22. The second kappa shape index (κ2) is 45.9. The van der Waals surface area contributed by atoms with Gasteiger partial charge < -0.3 is 45.1 Å². The van der Waals surface area contributed by atoms with Gasteiger partial charge in [0.25, 0.3) is 0 Å². The summed E-state index contributed by atoms with van der Waals surface area (Å²) in [6.07, 6.45) is 47.7. The Morgan fingerprint density at radius 1 is 0.580 bits per heavy atom. The van der Waals surface area contributed by atoms with Crippen LogP contribution in [0, 0.1) is 0 Å². The maximum Gasteiger partial charge on any atom is 0.306 e. The van der Waals surface area contributed by atoms with Crippen molar-refractivity contribution in [1.82, 2.24) is 5.32 Å². The smallest absolute Gasteiger partial charge is 0.306 e. The van der Waals surface area contributed by atoms with Gasteiger partial charge in [0.2, 0.25) is 5.91 Å². The van der Waals surface area contributed by atoms with Gasteiger partial charge in [-0.3, -0.25) is 9.59 Å². The highest BCUT2D eigenvalue weighted by molar-refractivity contribution is 5.80. The quantitative estimate of drug-likeness (QED) is 0.0149. The molecule has 69 heavy (non-hydrogen) atoms. The molecule has 1 rings (SSSR count). The van der Waals surface area contributed by atoms with Crippen LogP contribution in [0.25, 0.3) is 0 Å². The highest BCUT2D eigenvalue weighted by Crippen LogP contribution is 2.26. The van der Waals surface area contributed by atoms with Crippen molar-refractivity contribution >= 4 is 11.9 Å². The molecule has 8 unspecified atom stereocenters. The van der Waals surface area contributed by atoms with Gasteiger partial charge >= 0.3 is 5.97 Å². The minimum atomic E-state index is -1.63. The zero-order valence-electron chi connectivity index (χ0n) is 43.4. The first-order valence-electron chi connectivity index (χ1n) is 27.4. The number of ether oxygens (including phenoxy) is 3. The van der Waals surface area contributed by atoms with Crippen molar-refractivity contribution in [3.05, 3.63) is 85.1 Å². The molecule has 0 aliphatic carbocycles. The predicted molar refractivity (Wildman–Crippen MR) is 282 cm³/mol. The molecule has 6 N–H and O–H groups in total. The molecule has 0 bridgehead atoms. The molecule has 0 spiro atoms. The summed E-state index contributed by atoms with van der Waals surface area (Å²) in [5, 5.41) is 56.6. The fourth-order valence-corrected chi connectivity index (χ4v) is 8.02. The third-order valence-corrected chi connectivity index (χ3v) is 12.4. The molecule has 0 radical (unpaired) electrons. The minimum Gasteiger partial charge on any atom is -0.454 e. The van der Waals surface area contributed by atoms with E-state index in [1.165, 1.54) is 89.9 Å². The average Bonchev–Trinajstić information content (AvgIpc) is 3.34. The maximum atomic E-state index is 13.3. The van der Waals surface area contributed by atoms with E-state index in [-0.39, 0.29) is 19.4 Å². The van der Waals surface area contributed by atoms with Crippen LogP contribution in [0.2, 0.25) is 0 Å². The lowest BCUT2D eigenvalue weighted by atomic mass is 9.99. The average molecular weight is 970 g/mol. The fourth-order valence-electron chi connectivity index (χ4n) is 8.02. The van der Waals surface area contributed by atoms with Crippen molar-refractivity contribution < 1.29 is 49.3 Å². The van der Waals surface area contributed by atoms with Gasteiger partial charge in [0.15, 0.2) is 12.4 Å². The van der Waals surface area contributed by atoms with Crippen LogP contribution in [0.5, 0.6) is 0 Å². The van der Waals surface area contributed by atoms with E-state index in [0.29, 0.717) is 12.8 Å². The first-order chi connectivity index (χ1) is 33.7. The van der Waals surface area contributed by atoms with E-state index in [1.807, 2.05) is 60.8 Å². The van der Waals surface area contributed by atoms with Crippen LogP contribution in [-0.4, -0.2) is 99.6 Å². The number of carbonyl (C=O) groups excluding carboxylic acids is 2. The largest absolute Gasteiger partial charge is 0.454 e. The summed E-state index contributed by atoms with van der Waals surface area (Å²) in [6.45, 7) is 5.57. The summed E-state index contributed by atoms with van der Waals surface area (Å²) < 4.78 is 17.5. The van der Waals surface area contributed by atoms with Crippen molar-refractivity contribution in [1.29, 1.82) is 0 Å². The Morgan fingerprint density at radius 2 is 1.06 bits per heavy atom. The van der Waals surface area contributed by atoms with Crippen LogP contribution in [-0.2, 0) is 23.8 Å². The molecule has 1 saturated heterocycles. The van der Waals surface area contributed by atoms with Crippen LogP contribution in [0.3, 0.4) is 0 Å². The molecular weight excluding hydrogens is 871 g/mol. The number of hydrogen-bond donors (Lipinski definition) is 6. The molecule has 1 fully saturated rings. The van der Waals surface area contributed by atoms with Gasteiger partial charge in [0.05, 0.1) is 25.4 Å². The van der Waals surface area contributed by atoms with E-state index >= 15 is 0 Å². The first kappa shape index (κ1) is 63.9. The lowest BCUT2D eigenvalue weighted by Gasteiger charge is -2.41. The molecule has 0 saturated carbocycles. The molecule has 8 atom stereocenters. The number of carbonyl (C=O) groups is 2. The molecule has 0 aromatic carbocycles. The zero-order chi connectivity index (χ0) is 50.4. The van der Waals surface area contributed by atoms with E-state index < -0.39 is 67.4 Å². The van der Waals surface area contributed by atoms with Gasteiger partial charge in [-0.1, -0.05) is 215 Å². The van der Waals surface area contributed by atoms with Crippen LogP contribution in [0.1, 0.15) is 207 Å². The fraction of sp³-hybridized carbons (Fsp3) is 0.724. The molecule has 1 amide bonds. The lowest BCUT2D eigenvalue weighted by molar-refractivity contribution is -0.305. The van der Waals surface area contributed by atoms with E-state index in [2.05, 4.69) is 44.3 Å². The van der Waals surface area contributed by atoms with Crippen LogP contribution in [0.4, 0.5) is 0 Å². The molecule has 1 heterocycles. The van der Waals surface area contributed by atoms with Crippen molar-refractivity contribution in [3.8, 4) is 0 Å². The number of aliphatic hydroxyl groups excluding tert-OH is 5. The van der Waals surface area contributed by atoms with Gasteiger partial charge in [0, 0.05) is 6.42 Å². The molecule has 396 valence electrons. The van der Waals surface area contributed by atoms with Gasteiger partial charge in [0.1, 0.15) is 24.4 Å². The molecule has 1 aliphatic heterocycles. The number of amides is 1. The Hall–Kier alpha value is -3.16. The van der Waals surface area contributed by atoms with Crippen molar-refractivity contribution in [2.75, 3.05) is 13.2 Å².